The Kier molecular flexibility index (Phi) is 5.26. The summed E-state index contributed by atoms with van der Waals surface area (Å²) in [5.74, 6) is -1.11. The van der Waals surface area contributed by atoms with Crippen molar-refractivity contribution in [3.05, 3.63) is 38.3 Å². The normalized spacial score (nSPS) is 10.6. The fourth-order valence-electron chi connectivity index (χ4n) is 1.47. The number of nitro groups is 1. The van der Waals surface area contributed by atoms with Gasteiger partial charge in [-0.15, -0.1) is 0 Å². The zero-order valence-electron chi connectivity index (χ0n) is 10.1. The number of pyridine rings is 1. The molecule has 1 aromatic heterocycles. The van der Waals surface area contributed by atoms with Gasteiger partial charge in [-0.3, -0.25) is 19.7 Å². The highest BCUT2D eigenvalue weighted by molar-refractivity contribution is 5.94. The average molecular weight is 291 g/mol. The van der Waals surface area contributed by atoms with Gasteiger partial charge in [0.25, 0.3) is 23.6 Å². The van der Waals surface area contributed by atoms with Crippen molar-refractivity contribution in [1.82, 2.24) is 9.88 Å². The first kappa shape index (κ1) is 15.7. The van der Waals surface area contributed by atoms with E-state index in [2.05, 4.69) is 0 Å². The Hall–Kier alpha value is -2.36. The lowest BCUT2D eigenvalue weighted by Gasteiger charge is -2.20. The summed E-state index contributed by atoms with van der Waals surface area (Å²) in [7, 11) is 0. The molecule has 110 valence electrons. The van der Waals surface area contributed by atoms with Crippen molar-refractivity contribution in [1.29, 1.82) is 0 Å². The van der Waals surface area contributed by atoms with Gasteiger partial charge in [0.2, 0.25) is 0 Å². The number of hydrogen-bond donors (Lipinski definition) is 2. The number of nitrogens with zero attached hydrogens (tertiary/aromatic N) is 2. The van der Waals surface area contributed by atoms with E-state index in [1.807, 2.05) is 4.98 Å². The number of alkyl halides is 2. The molecule has 0 aliphatic rings. The van der Waals surface area contributed by atoms with E-state index in [4.69, 9.17) is 5.11 Å². The second-order valence-electron chi connectivity index (χ2n) is 3.72. The molecule has 2 N–H and O–H groups in total. The van der Waals surface area contributed by atoms with E-state index < -0.39 is 53.8 Å². The van der Waals surface area contributed by atoms with Gasteiger partial charge in [0.1, 0.15) is 5.56 Å². The van der Waals surface area contributed by atoms with Crippen LogP contribution in [0.2, 0.25) is 0 Å². The van der Waals surface area contributed by atoms with Gasteiger partial charge >= 0.3 is 0 Å². The van der Waals surface area contributed by atoms with Crippen molar-refractivity contribution in [3.8, 4) is 0 Å². The quantitative estimate of drug-likeness (QED) is 0.564. The van der Waals surface area contributed by atoms with Crippen LogP contribution in [0.15, 0.2) is 17.1 Å². The van der Waals surface area contributed by atoms with Gasteiger partial charge < -0.3 is 15.0 Å². The van der Waals surface area contributed by atoms with Crippen LogP contribution in [-0.4, -0.2) is 51.9 Å². The highest BCUT2D eigenvalue weighted by Crippen LogP contribution is 2.11. The van der Waals surface area contributed by atoms with Crippen molar-refractivity contribution < 1.29 is 23.6 Å². The summed E-state index contributed by atoms with van der Waals surface area (Å²) < 4.78 is 24.6. The number of aliphatic hydroxyl groups excluding tert-OH is 1. The maximum Gasteiger partial charge on any atom is 0.286 e. The maximum atomic E-state index is 12.3. The number of carbonyl (C=O) groups excluding carboxylic acids is 1. The summed E-state index contributed by atoms with van der Waals surface area (Å²) in [5, 5.41) is 19.3. The van der Waals surface area contributed by atoms with E-state index in [0.717, 1.165) is 6.20 Å². The lowest BCUT2D eigenvalue weighted by molar-refractivity contribution is -0.385. The fraction of sp³-hybridized carbons (Fsp3) is 0.400. The number of hydrogen-bond acceptors (Lipinski definition) is 5. The zero-order valence-corrected chi connectivity index (χ0v) is 10.1. The minimum absolute atomic E-state index is 0.411. The van der Waals surface area contributed by atoms with Gasteiger partial charge in [-0.2, -0.15) is 0 Å². The van der Waals surface area contributed by atoms with Gasteiger partial charge in [0.15, 0.2) is 0 Å². The van der Waals surface area contributed by atoms with Gasteiger partial charge in [-0.25, -0.2) is 8.78 Å². The van der Waals surface area contributed by atoms with Gasteiger partial charge in [-0.05, 0) is 0 Å². The number of halogens is 2. The molecule has 0 atom stereocenters. The van der Waals surface area contributed by atoms with E-state index in [0.29, 0.717) is 11.0 Å². The largest absolute Gasteiger partial charge is 0.395 e. The molecular formula is C10H11F2N3O5. The Labute approximate surface area is 110 Å². The molecule has 0 aliphatic heterocycles. The van der Waals surface area contributed by atoms with Crippen LogP contribution in [0.3, 0.4) is 0 Å². The second kappa shape index (κ2) is 6.70. The van der Waals surface area contributed by atoms with Crippen LogP contribution in [0.5, 0.6) is 0 Å². The predicted octanol–water partition coefficient (Wildman–Crippen LogP) is -0.0173. The molecule has 1 heterocycles. The Balaban J connectivity index is 3.13. The maximum absolute atomic E-state index is 12.3. The van der Waals surface area contributed by atoms with Crippen molar-refractivity contribution in [3.63, 3.8) is 0 Å². The summed E-state index contributed by atoms with van der Waals surface area (Å²) in [4.78, 5) is 35.6. The first-order valence-electron chi connectivity index (χ1n) is 5.42. The van der Waals surface area contributed by atoms with E-state index in [9.17, 15) is 28.5 Å². The molecule has 20 heavy (non-hydrogen) atoms. The number of amides is 1. The fourth-order valence-corrected chi connectivity index (χ4v) is 1.47. The zero-order chi connectivity index (χ0) is 15.3. The molecule has 8 nitrogen and oxygen atoms in total. The van der Waals surface area contributed by atoms with Crippen LogP contribution in [0.1, 0.15) is 10.4 Å². The first-order valence-corrected chi connectivity index (χ1v) is 5.42. The molecule has 0 unspecified atom stereocenters. The number of carbonyl (C=O) groups is 1. The Morgan fingerprint density at radius 2 is 2.20 bits per heavy atom. The number of aromatic nitrogens is 1. The standard InChI is InChI=1S/C10H11F2N3O5/c11-8(12)5-14(1-2-16)10(18)7-3-6(15(19)20)4-13-9(7)17/h3-4,8,16H,1-2,5H2,(H,13,17). The third kappa shape index (κ3) is 3.82. The molecule has 0 bridgehead atoms. The lowest BCUT2D eigenvalue weighted by Crippen LogP contribution is -2.39. The minimum atomic E-state index is -2.86. The molecule has 0 fully saturated rings. The van der Waals surface area contributed by atoms with Crippen molar-refractivity contribution in [2.45, 2.75) is 6.43 Å². The number of rotatable bonds is 6. The summed E-state index contributed by atoms with van der Waals surface area (Å²) in [6.07, 6.45) is -2.06. The molecule has 0 saturated carbocycles. The van der Waals surface area contributed by atoms with Crippen LogP contribution >= 0.6 is 0 Å². The number of aliphatic hydroxyl groups is 1. The number of aromatic amines is 1. The monoisotopic (exact) mass is 291 g/mol. The molecule has 0 aromatic carbocycles. The lowest BCUT2D eigenvalue weighted by atomic mass is 10.2. The van der Waals surface area contributed by atoms with Gasteiger partial charge in [0, 0.05) is 12.6 Å². The summed E-state index contributed by atoms with van der Waals surface area (Å²) in [5.41, 5.74) is -2.11. The predicted molar refractivity (Wildman–Crippen MR) is 62.7 cm³/mol. The first-order chi connectivity index (χ1) is 9.36. The highest BCUT2D eigenvalue weighted by atomic mass is 19.3. The molecular weight excluding hydrogens is 280 g/mol. The smallest absolute Gasteiger partial charge is 0.286 e. The number of H-pyrrole nitrogens is 1. The summed E-state index contributed by atoms with van der Waals surface area (Å²) >= 11 is 0. The molecule has 1 aromatic rings. The summed E-state index contributed by atoms with van der Waals surface area (Å²) in [6, 6.07) is 0.705. The van der Waals surface area contributed by atoms with E-state index in [1.165, 1.54) is 0 Å². The second-order valence-corrected chi connectivity index (χ2v) is 3.72. The van der Waals surface area contributed by atoms with Crippen molar-refractivity contribution in [2.75, 3.05) is 19.7 Å². The van der Waals surface area contributed by atoms with Crippen molar-refractivity contribution >= 4 is 11.6 Å². The third-order valence-electron chi connectivity index (χ3n) is 2.34. The molecule has 0 spiro atoms. The Morgan fingerprint density at radius 1 is 1.55 bits per heavy atom. The van der Waals surface area contributed by atoms with E-state index in [1.54, 1.807) is 0 Å². The average Bonchev–Trinajstić information content (AvgIpc) is 2.37. The Bertz CT molecular complexity index is 560. The molecule has 0 radical (unpaired) electrons. The van der Waals surface area contributed by atoms with E-state index >= 15 is 0 Å². The van der Waals surface area contributed by atoms with Crippen LogP contribution in [-0.2, 0) is 0 Å². The molecule has 1 amide bonds. The van der Waals surface area contributed by atoms with Gasteiger partial charge in [0.05, 0.1) is 24.3 Å². The minimum Gasteiger partial charge on any atom is -0.395 e. The van der Waals surface area contributed by atoms with Crippen LogP contribution < -0.4 is 5.56 Å². The molecule has 0 saturated heterocycles. The van der Waals surface area contributed by atoms with Crippen LogP contribution in [0, 0.1) is 10.1 Å². The summed E-state index contributed by atoms with van der Waals surface area (Å²) in [6.45, 7) is -1.97. The third-order valence-corrected chi connectivity index (χ3v) is 2.34. The van der Waals surface area contributed by atoms with Crippen molar-refractivity contribution in [2.24, 2.45) is 0 Å². The van der Waals surface area contributed by atoms with Crippen LogP contribution in [0.4, 0.5) is 14.5 Å². The molecule has 10 heteroatoms. The SMILES string of the molecule is O=C(c1cc([N+](=O)[O-])c[nH]c1=O)N(CCO)CC(F)F. The van der Waals surface area contributed by atoms with Gasteiger partial charge in [-0.1, -0.05) is 0 Å². The molecule has 1 rings (SSSR count). The topological polar surface area (TPSA) is 117 Å². The Morgan fingerprint density at radius 3 is 2.70 bits per heavy atom. The highest BCUT2D eigenvalue weighted by Gasteiger charge is 2.23. The molecule has 0 aliphatic carbocycles. The van der Waals surface area contributed by atoms with Crippen LogP contribution in [0.25, 0.3) is 0 Å². The number of nitrogens with one attached hydrogen (secondary N) is 1. The van der Waals surface area contributed by atoms with E-state index in [-0.39, 0.29) is 0 Å².